The van der Waals surface area contributed by atoms with Gasteiger partial charge >= 0.3 is 0 Å². The first-order chi connectivity index (χ1) is 15.0. The van der Waals surface area contributed by atoms with Gasteiger partial charge in [-0.05, 0) is 43.2 Å². The molecule has 31 heavy (non-hydrogen) atoms. The molecule has 2 aromatic carbocycles. The highest BCUT2D eigenvalue weighted by atomic mass is 35.5. The number of ether oxygens (including phenoxy) is 1. The highest BCUT2D eigenvalue weighted by molar-refractivity contribution is 7.98. The fourth-order valence-electron chi connectivity index (χ4n) is 2.87. The van der Waals surface area contributed by atoms with Gasteiger partial charge in [-0.15, -0.1) is 0 Å². The van der Waals surface area contributed by atoms with E-state index in [1.54, 1.807) is 0 Å². The molecule has 4 aromatic rings. The molecule has 4 rings (SSSR count). The average Bonchev–Trinajstić information content (AvgIpc) is 3.15. The Bertz CT molecular complexity index is 1250. The van der Waals surface area contributed by atoms with Gasteiger partial charge in [0.25, 0.3) is 5.91 Å². The second-order valence-corrected chi connectivity index (χ2v) is 8.98. The van der Waals surface area contributed by atoms with Gasteiger partial charge in [0.15, 0.2) is 16.0 Å². The van der Waals surface area contributed by atoms with Crippen LogP contribution in [0.1, 0.15) is 28.5 Å². The highest BCUT2D eigenvalue weighted by Crippen LogP contribution is 2.30. The summed E-state index contributed by atoms with van der Waals surface area (Å²) in [5, 5.41) is 3.95. The van der Waals surface area contributed by atoms with Crippen molar-refractivity contribution in [2.45, 2.75) is 24.8 Å². The Morgan fingerprint density at radius 2 is 2.06 bits per heavy atom. The summed E-state index contributed by atoms with van der Waals surface area (Å²) >= 11 is 9.03. The van der Waals surface area contributed by atoms with Gasteiger partial charge in [0.05, 0.1) is 28.0 Å². The molecule has 0 atom stereocenters. The molecule has 0 unspecified atom stereocenters. The van der Waals surface area contributed by atoms with Crippen molar-refractivity contribution >= 4 is 56.0 Å². The third kappa shape index (κ3) is 5.15. The zero-order chi connectivity index (χ0) is 21.8. The number of nitrogens with one attached hydrogen (secondary N) is 1. The summed E-state index contributed by atoms with van der Waals surface area (Å²) in [6.45, 7) is 4.58. The molecular formula is C22H19ClN4O2S2. The molecule has 2 heterocycles. The van der Waals surface area contributed by atoms with Gasteiger partial charge < -0.3 is 4.74 Å². The van der Waals surface area contributed by atoms with Crippen molar-refractivity contribution in [1.82, 2.24) is 15.0 Å². The van der Waals surface area contributed by atoms with Crippen LogP contribution in [-0.2, 0) is 5.75 Å². The Morgan fingerprint density at radius 3 is 2.87 bits per heavy atom. The first-order valence-corrected chi connectivity index (χ1v) is 11.8. The molecule has 0 bridgehead atoms. The monoisotopic (exact) mass is 470 g/mol. The lowest BCUT2D eigenvalue weighted by Crippen LogP contribution is -2.15. The molecule has 1 N–H and O–H groups in total. The van der Waals surface area contributed by atoms with Crippen LogP contribution in [0.25, 0.3) is 10.2 Å². The smallest absolute Gasteiger partial charge is 0.277 e. The number of anilines is 1. The van der Waals surface area contributed by atoms with E-state index >= 15 is 0 Å². The van der Waals surface area contributed by atoms with Crippen LogP contribution < -0.4 is 10.1 Å². The molecule has 0 saturated carbocycles. The SMILES string of the molecule is CCOc1ccc2nc(NC(=O)c3nc(SCc4ccccc4C)ncc3Cl)sc2c1. The maximum atomic E-state index is 12.8. The molecular weight excluding hydrogens is 452 g/mol. The number of fused-ring (bicyclic) bond motifs is 1. The molecule has 1 amide bonds. The Hall–Kier alpha value is -2.68. The minimum absolute atomic E-state index is 0.123. The fourth-order valence-corrected chi connectivity index (χ4v) is 4.82. The Morgan fingerprint density at radius 1 is 1.23 bits per heavy atom. The third-order valence-electron chi connectivity index (χ3n) is 4.45. The van der Waals surface area contributed by atoms with Gasteiger partial charge in [0.2, 0.25) is 0 Å². The minimum Gasteiger partial charge on any atom is -0.494 e. The average molecular weight is 471 g/mol. The van der Waals surface area contributed by atoms with E-state index in [4.69, 9.17) is 16.3 Å². The van der Waals surface area contributed by atoms with Crippen molar-refractivity contribution in [3.63, 3.8) is 0 Å². The Labute approximate surface area is 193 Å². The van der Waals surface area contributed by atoms with E-state index in [2.05, 4.69) is 39.3 Å². The van der Waals surface area contributed by atoms with Crippen molar-refractivity contribution in [3.8, 4) is 5.75 Å². The number of amides is 1. The van der Waals surface area contributed by atoms with Crippen molar-refractivity contribution in [3.05, 3.63) is 70.5 Å². The van der Waals surface area contributed by atoms with E-state index in [1.807, 2.05) is 37.3 Å². The minimum atomic E-state index is -0.422. The molecule has 0 radical (unpaired) electrons. The summed E-state index contributed by atoms with van der Waals surface area (Å²) in [5.41, 5.74) is 3.30. The van der Waals surface area contributed by atoms with Gasteiger partial charge in [-0.3, -0.25) is 10.1 Å². The maximum absolute atomic E-state index is 12.8. The van der Waals surface area contributed by atoms with Crippen LogP contribution >= 0.6 is 34.7 Å². The number of nitrogens with zero attached hydrogens (tertiary/aromatic N) is 3. The first kappa shape index (κ1) is 21.5. The molecule has 9 heteroatoms. The molecule has 0 spiro atoms. The first-order valence-electron chi connectivity index (χ1n) is 9.58. The topological polar surface area (TPSA) is 77.0 Å². The molecule has 6 nitrogen and oxygen atoms in total. The van der Waals surface area contributed by atoms with Crippen molar-refractivity contribution in [2.75, 3.05) is 11.9 Å². The second-order valence-electron chi connectivity index (χ2n) is 6.60. The fraction of sp³-hybridized carbons (Fsp3) is 0.182. The predicted molar refractivity (Wildman–Crippen MR) is 127 cm³/mol. The van der Waals surface area contributed by atoms with Gasteiger partial charge in [-0.25, -0.2) is 15.0 Å². The number of benzene rings is 2. The van der Waals surface area contributed by atoms with Crippen LogP contribution in [0, 0.1) is 6.92 Å². The summed E-state index contributed by atoms with van der Waals surface area (Å²) in [5.74, 6) is 1.05. The van der Waals surface area contributed by atoms with Crippen LogP contribution in [0.5, 0.6) is 5.75 Å². The summed E-state index contributed by atoms with van der Waals surface area (Å²) in [7, 11) is 0. The van der Waals surface area contributed by atoms with Crippen molar-refractivity contribution in [1.29, 1.82) is 0 Å². The zero-order valence-electron chi connectivity index (χ0n) is 16.9. The van der Waals surface area contributed by atoms with Crippen LogP contribution in [0.2, 0.25) is 5.02 Å². The largest absolute Gasteiger partial charge is 0.494 e. The lowest BCUT2D eigenvalue weighted by Gasteiger charge is -2.07. The van der Waals surface area contributed by atoms with E-state index in [9.17, 15) is 4.79 Å². The third-order valence-corrected chi connectivity index (χ3v) is 6.57. The number of halogens is 1. The molecule has 0 fully saturated rings. The van der Waals surface area contributed by atoms with E-state index in [1.165, 1.54) is 40.4 Å². The van der Waals surface area contributed by atoms with Gasteiger partial charge in [-0.1, -0.05) is 59.0 Å². The van der Waals surface area contributed by atoms with E-state index in [0.29, 0.717) is 22.6 Å². The molecule has 0 saturated heterocycles. The van der Waals surface area contributed by atoms with Crippen molar-refractivity contribution < 1.29 is 9.53 Å². The van der Waals surface area contributed by atoms with E-state index < -0.39 is 5.91 Å². The maximum Gasteiger partial charge on any atom is 0.277 e. The molecule has 0 aliphatic carbocycles. The van der Waals surface area contributed by atoms with Crippen LogP contribution in [0.15, 0.2) is 53.8 Å². The number of carbonyl (C=O) groups excluding carboxylic acids is 1. The predicted octanol–water partition coefficient (Wildman–Crippen LogP) is 5.99. The van der Waals surface area contributed by atoms with E-state index in [-0.39, 0.29) is 10.7 Å². The second kappa shape index (κ2) is 9.64. The standard InChI is InChI=1S/C22H19ClN4O2S2/c1-3-29-15-8-9-17-18(10-15)31-22(25-17)27-20(28)19-16(23)11-24-21(26-19)30-12-14-7-5-4-6-13(14)2/h4-11H,3,12H2,1-2H3,(H,25,27,28). The van der Waals surface area contributed by atoms with E-state index in [0.717, 1.165) is 16.0 Å². The number of hydrogen-bond acceptors (Lipinski definition) is 7. The number of thiazole rings is 1. The number of thioether (sulfide) groups is 1. The highest BCUT2D eigenvalue weighted by Gasteiger charge is 2.17. The normalized spacial score (nSPS) is 10.9. The Balaban J connectivity index is 1.49. The summed E-state index contributed by atoms with van der Waals surface area (Å²) in [4.78, 5) is 25.9. The lowest BCUT2D eigenvalue weighted by atomic mass is 10.1. The Kier molecular flexibility index (Phi) is 6.70. The molecule has 158 valence electrons. The van der Waals surface area contributed by atoms with Gasteiger partial charge in [0.1, 0.15) is 5.75 Å². The van der Waals surface area contributed by atoms with Gasteiger partial charge in [0, 0.05) is 5.75 Å². The zero-order valence-corrected chi connectivity index (χ0v) is 19.3. The summed E-state index contributed by atoms with van der Waals surface area (Å²) in [6.07, 6.45) is 1.45. The number of carbonyl (C=O) groups is 1. The van der Waals surface area contributed by atoms with Crippen LogP contribution in [0.3, 0.4) is 0 Å². The molecule has 0 aliphatic rings. The summed E-state index contributed by atoms with van der Waals surface area (Å²) in [6, 6.07) is 13.8. The molecule has 2 aromatic heterocycles. The van der Waals surface area contributed by atoms with Crippen LogP contribution in [-0.4, -0.2) is 27.5 Å². The van der Waals surface area contributed by atoms with Crippen molar-refractivity contribution in [2.24, 2.45) is 0 Å². The molecule has 0 aliphatic heterocycles. The lowest BCUT2D eigenvalue weighted by molar-refractivity contribution is 0.102. The van der Waals surface area contributed by atoms with Crippen LogP contribution in [0.4, 0.5) is 5.13 Å². The summed E-state index contributed by atoms with van der Waals surface area (Å²) < 4.78 is 6.44. The van der Waals surface area contributed by atoms with Gasteiger partial charge in [-0.2, -0.15) is 0 Å². The quantitative estimate of drug-likeness (QED) is 0.264. The number of aryl methyl sites for hydroxylation is 1. The number of hydrogen-bond donors (Lipinski definition) is 1. The number of aromatic nitrogens is 3. The number of rotatable bonds is 7.